The van der Waals surface area contributed by atoms with E-state index in [9.17, 15) is 5.11 Å². The SMILES string of the molecule is CCNC(=NCC(O)(CC)CC)N(C)Cc1cnn(-c2ccccc2)c1.I. The van der Waals surface area contributed by atoms with Crippen LogP contribution in [0, 0.1) is 0 Å². The lowest BCUT2D eigenvalue weighted by Crippen LogP contribution is -2.40. The van der Waals surface area contributed by atoms with Gasteiger partial charge in [-0.05, 0) is 31.9 Å². The summed E-state index contributed by atoms with van der Waals surface area (Å²) < 4.78 is 1.88. The van der Waals surface area contributed by atoms with Gasteiger partial charge in [-0.25, -0.2) is 4.68 Å². The lowest BCUT2D eigenvalue weighted by molar-refractivity contribution is 0.0416. The second-order valence-electron chi connectivity index (χ2n) is 6.59. The summed E-state index contributed by atoms with van der Waals surface area (Å²) in [6, 6.07) is 10.1. The number of benzene rings is 1. The minimum absolute atomic E-state index is 0. The highest BCUT2D eigenvalue weighted by Gasteiger charge is 2.22. The zero-order chi connectivity index (χ0) is 19.0. The largest absolute Gasteiger partial charge is 0.388 e. The molecular formula is C20H32IN5O. The summed E-state index contributed by atoms with van der Waals surface area (Å²) in [4.78, 5) is 6.70. The Labute approximate surface area is 179 Å². The molecule has 1 aromatic heterocycles. The Morgan fingerprint density at radius 2 is 1.89 bits per heavy atom. The quantitative estimate of drug-likeness (QED) is 0.342. The molecule has 0 saturated heterocycles. The molecule has 0 fully saturated rings. The number of hydrogen-bond acceptors (Lipinski definition) is 3. The van der Waals surface area contributed by atoms with Crippen LogP contribution in [-0.2, 0) is 6.54 Å². The van der Waals surface area contributed by atoms with Crippen LogP contribution in [0.5, 0.6) is 0 Å². The zero-order valence-corrected chi connectivity index (χ0v) is 19.1. The van der Waals surface area contributed by atoms with Gasteiger partial charge in [-0.1, -0.05) is 32.0 Å². The number of aromatic nitrogens is 2. The molecule has 0 radical (unpaired) electrons. The Balaban J connectivity index is 0.00000364. The van der Waals surface area contributed by atoms with Crippen molar-refractivity contribution in [3.8, 4) is 5.69 Å². The van der Waals surface area contributed by atoms with Gasteiger partial charge in [0.05, 0.1) is 24.0 Å². The van der Waals surface area contributed by atoms with Crippen molar-refractivity contribution >= 4 is 29.9 Å². The summed E-state index contributed by atoms with van der Waals surface area (Å²) in [5, 5.41) is 18.2. The van der Waals surface area contributed by atoms with Gasteiger partial charge in [0, 0.05) is 31.9 Å². The minimum atomic E-state index is -0.736. The molecule has 0 unspecified atom stereocenters. The van der Waals surface area contributed by atoms with Gasteiger partial charge in [0.1, 0.15) is 0 Å². The molecule has 1 aromatic carbocycles. The topological polar surface area (TPSA) is 65.7 Å². The van der Waals surface area contributed by atoms with Crippen molar-refractivity contribution in [3.63, 3.8) is 0 Å². The second kappa shape index (κ2) is 11.3. The predicted molar refractivity (Wildman–Crippen MR) is 122 cm³/mol. The van der Waals surface area contributed by atoms with Gasteiger partial charge < -0.3 is 15.3 Å². The lowest BCUT2D eigenvalue weighted by atomic mass is 9.98. The monoisotopic (exact) mass is 485 g/mol. The fourth-order valence-corrected chi connectivity index (χ4v) is 2.68. The molecule has 0 atom stereocenters. The summed E-state index contributed by atoms with van der Waals surface area (Å²) in [6.07, 6.45) is 5.30. The first kappa shape index (κ1) is 23.4. The van der Waals surface area contributed by atoms with Crippen LogP contribution in [0.4, 0.5) is 0 Å². The Kier molecular flexibility index (Phi) is 9.79. The first-order valence-electron chi connectivity index (χ1n) is 9.32. The molecule has 0 aliphatic heterocycles. The Bertz CT molecular complexity index is 697. The number of nitrogens with one attached hydrogen (secondary N) is 1. The van der Waals surface area contributed by atoms with E-state index in [4.69, 9.17) is 0 Å². The molecule has 6 nitrogen and oxygen atoms in total. The fraction of sp³-hybridized carbons (Fsp3) is 0.500. The van der Waals surface area contributed by atoms with E-state index in [1.54, 1.807) is 0 Å². The molecule has 0 aliphatic rings. The number of nitrogens with zero attached hydrogens (tertiary/aromatic N) is 4. The minimum Gasteiger partial charge on any atom is -0.388 e. The van der Waals surface area contributed by atoms with Crippen molar-refractivity contribution < 1.29 is 5.11 Å². The van der Waals surface area contributed by atoms with Crippen LogP contribution >= 0.6 is 24.0 Å². The zero-order valence-electron chi connectivity index (χ0n) is 16.7. The smallest absolute Gasteiger partial charge is 0.194 e. The molecule has 0 spiro atoms. The van der Waals surface area contributed by atoms with Crippen LogP contribution < -0.4 is 5.32 Å². The number of aliphatic imine (C=N–C) groups is 1. The summed E-state index contributed by atoms with van der Waals surface area (Å²) in [5.41, 5.74) is 1.40. The number of hydrogen-bond donors (Lipinski definition) is 2. The highest BCUT2D eigenvalue weighted by Crippen LogP contribution is 2.15. The van der Waals surface area contributed by atoms with Crippen LogP contribution in [0.15, 0.2) is 47.7 Å². The van der Waals surface area contributed by atoms with E-state index in [2.05, 4.69) is 20.3 Å². The predicted octanol–water partition coefficient (Wildman–Crippen LogP) is 3.44. The van der Waals surface area contributed by atoms with E-state index >= 15 is 0 Å². The van der Waals surface area contributed by atoms with E-state index in [-0.39, 0.29) is 24.0 Å². The Morgan fingerprint density at radius 3 is 2.48 bits per heavy atom. The van der Waals surface area contributed by atoms with E-state index in [1.165, 1.54) is 0 Å². The maximum atomic E-state index is 10.5. The molecule has 0 bridgehead atoms. The van der Waals surface area contributed by atoms with Crippen LogP contribution in [0.2, 0.25) is 0 Å². The Hall–Kier alpha value is -1.61. The Morgan fingerprint density at radius 1 is 1.22 bits per heavy atom. The van der Waals surface area contributed by atoms with Crippen LogP contribution in [0.3, 0.4) is 0 Å². The third kappa shape index (κ3) is 6.80. The first-order valence-corrected chi connectivity index (χ1v) is 9.32. The van der Waals surface area contributed by atoms with Crippen molar-refractivity contribution in [2.45, 2.75) is 45.8 Å². The van der Waals surface area contributed by atoms with Crippen molar-refractivity contribution in [2.75, 3.05) is 20.1 Å². The van der Waals surface area contributed by atoms with Gasteiger partial charge in [-0.15, -0.1) is 24.0 Å². The van der Waals surface area contributed by atoms with Crippen LogP contribution in [0.1, 0.15) is 39.2 Å². The van der Waals surface area contributed by atoms with Gasteiger partial charge >= 0.3 is 0 Å². The fourth-order valence-electron chi connectivity index (χ4n) is 2.68. The van der Waals surface area contributed by atoms with Gasteiger partial charge in [0.15, 0.2) is 5.96 Å². The number of guanidine groups is 1. The van der Waals surface area contributed by atoms with Crippen molar-refractivity contribution in [1.29, 1.82) is 0 Å². The maximum Gasteiger partial charge on any atom is 0.194 e. The van der Waals surface area contributed by atoms with E-state index in [1.807, 2.05) is 75.2 Å². The molecule has 1 heterocycles. The second-order valence-corrected chi connectivity index (χ2v) is 6.59. The molecule has 0 aliphatic carbocycles. The standard InChI is InChI=1S/C20H31N5O.HI/c1-5-20(26,6-2)16-22-19(21-7-3)24(4)14-17-13-23-25(15-17)18-11-9-8-10-12-18;/h8-13,15,26H,5-7,14,16H2,1-4H3,(H,21,22);1H. The first-order chi connectivity index (χ1) is 12.5. The maximum absolute atomic E-state index is 10.5. The lowest BCUT2D eigenvalue weighted by Gasteiger charge is -2.26. The molecule has 0 saturated carbocycles. The number of aliphatic hydroxyl groups is 1. The summed E-state index contributed by atoms with van der Waals surface area (Å²) in [6.45, 7) is 7.90. The number of rotatable bonds is 8. The average Bonchev–Trinajstić information content (AvgIpc) is 3.14. The third-order valence-electron chi connectivity index (χ3n) is 4.61. The van der Waals surface area contributed by atoms with Gasteiger partial charge in [0.2, 0.25) is 0 Å². The molecular weight excluding hydrogens is 453 g/mol. The normalized spacial score (nSPS) is 11.8. The van der Waals surface area contributed by atoms with E-state index in [0.717, 1.165) is 23.8 Å². The molecule has 2 aromatic rings. The number of halogens is 1. The van der Waals surface area contributed by atoms with Crippen molar-refractivity contribution in [3.05, 3.63) is 48.3 Å². The third-order valence-corrected chi connectivity index (χ3v) is 4.61. The summed E-state index contributed by atoms with van der Waals surface area (Å²) in [5.74, 6) is 0.792. The van der Waals surface area contributed by atoms with Gasteiger partial charge in [-0.3, -0.25) is 4.99 Å². The highest BCUT2D eigenvalue weighted by atomic mass is 127. The van der Waals surface area contributed by atoms with Crippen molar-refractivity contribution in [1.82, 2.24) is 20.0 Å². The van der Waals surface area contributed by atoms with E-state index < -0.39 is 5.60 Å². The van der Waals surface area contributed by atoms with Gasteiger partial charge in [-0.2, -0.15) is 5.10 Å². The highest BCUT2D eigenvalue weighted by molar-refractivity contribution is 14.0. The molecule has 27 heavy (non-hydrogen) atoms. The van der Waals surface area contributed by atoms with E-state index in [0.29, 0.717) is 25.9 Å². The molecule has 2 rings (SSSR count). The average molecular weight is 485 g/mol. The summed E-state index contributed by atoms with van der Waals surface area (Å²) >= 11 is 0. The van der Waals surface area contributed by atoms with Crippen LogP contribution in [-0.4, -0.2) is 51.5 Å². The molecule has 0 amide bonds. The molecule has 7 heteroatoms. The molecule has 2 N–H and O–H groups in total. The van der Waals surface area contributed by atoms with Crippen LogP contribution in [0.25, 0.3) is 5.69 Å². The van der Waals surface area contributed by atoms with Gasteiger partial charge in [0.25, 0.3) is 0 Å². The molecule has 150 valence electrons. The van der Waals surface area contributed by atoms with Crippen molar-refractivity contribution in [2.24, 2.45) is 4.99 Å². The number of para-hydroxylation sites is 1. The summed E-state index contributed by atoms with van der Waals surface area (Å²) in [7, 11) is 2.00.